The van der Waals surface area contributed by atoms with Crippen LogP contribution in [0.5, 0.6) is 5.75 Å². The Morgan fingerprint density at radius 2 is 1.95 bits per heavy atom. The van der Waals surface area contributed by atoms with Crippen LogP contribution in [-0.4, -0.2) is 48.3 Å². The molecule has 6 rings (SSSR count). The molecule has 43 heavy (non-hydrogen) atoms. The van der Waals surface area contributed by atoms with Gasteiger partial charge in [0.1, 0.15) is 23.2 Å². The molecule has 0 saturated carbocycles. The summed E-state index contributed by atoms with van der Waals surface area (Å²) in [5.41, 5.74) is 9.52. The number of ether oxygens (including phenoxy) is 1. The number of Topliss-reactive ketones (excluding diaryl/α,β-unsaturated/α-hetero) is 1. The number of pyridine rings is 2. The van der Waals surface area contributed by atoms with Gasteiger partial charge in [0.05, 0.1) is 11.2 Å². The predicted octanol–water partition coefficient (Wildman–Crippen LogP) is 5.88. The minimum absolute atomic E-state index is 0.105. The average Bonchev–Trinajstić information content (AvgIpc) is 3.29. The van der Waals surface area contributed by atoms with Crippen LogP contribution in [0.1, 0.15) is 64.8 Å². The Hall–Kier alpha value is -4.43. The van der Waals surface area contributed by atoms with Gasteiger partial charge in [0.25, 0.3) is 0 Å². The van der Waals surface area contributed by atoms with Gasteiger partial charge in [0, 0.05) is 64.0 Å². The lowest BCUT2D eigenvalue weighted by atomic mass is 9.82. The second kappa shape index (κ2) is 12.4. The van der Waals surface area contributed by atoms with Crippen LogP contribution < -0.4 is 4.74 Å². The van der Waals surface area contributed by atoms with Gasteiger partial charge in [-0.1, -0.05) is 42.5 Å². The molecule has 1 aliphatic rings. The summed E-state index contributed by atoms with van der Waals surface area (Å²) < 4.78 is 8.10. The summed E-state index contributed by atoms with van der Waals surface area (Å²) in [6.45, 7) is 8.74. The van der Waals surface area contributed by atoms with E-state index in [9.17, 15) is 4.79 Å². The van der Waals surface area contributed by atoms with Crippen LogP contribution in [0.15, 0.2) is 73.2 Å². The number of hydrogen-bond acceptors (Lipinski definition) is 7. The Labute approximate surface area is 252 Å². The predicted molar refractivity (Wildman–Crippen MR) is 167 cm³/mol. The minimum atomic E-state index is -0.117. The van der Waals surface area contributed by atoms with Gasteiger partial charge in [-0.15, -0.1) is 5.10 Å². The molecule has 0 N–H and O–H groups in total. The van der Waals surface area contributed by atoms with E-state index in [1.54, 1.807) is 17.1 Å². The van der Waals surface area contributed by atoms with Crippen LogP contribution in [0, 0.1) is 13.8 Å². The molecule has 0 unspecified atom stereocenters. The van der Waals surface area contributed by atoms with E-state index < -0.39 is 0 Å². The van der Waals surface area contributed by atoms with Gasteiger partial charge in [-0.25, -0.2) is 4.68 Å². The van der Waals surface area contributed by atoms with E-state index in [4.69, 9.17) is 4.74 Å². The monoisotopic (exact) mass is 574 g/mol. The van der Waals surface area contributed by atoms with Gasteiger partial charge in [-0.2, -0.15) is 0 Å². The third kappa shape index (κ3) is 6.20. The van der Waals surface area contributed by atoms with Crippen molar-refractivity contribution in [2.24, 2.45) is 7.05 Å². The zero-order valence-electron chi connectivity index (χ0n) is 25.3. The SMILES string of the molecule is CC[C@@H]1CN(Cc2cc([C@H](CC(=O)Cc3cccnc3)c3ccc4c(nnn4C)c3C)ccc2C)Cc2ncccc2O1. The summed E-state index contributed by atoms with van der Waals surface area (Å²) in [4.78, 5) is 24.8. The van der Waals surface area contributed by atoms with Crippen molar-refractivity contribution in [1.82, 2.24) is 29.9 Å². The lowest BCUT2D eigenvalue weighted by Crippen LogP contribution is -2.32. The number of carbonyl (C=O) groups excluding carboxylic acids is 1. The van der Waals surface area contributed by atoms with E-state index in [0.29, 0.717) is 12.8 Å². The van der Waals surface area contributed by atoms with Crippen LogP contribution in [0.2, 0.25) is 0 Å². The van der Waals surface area contributed by atoms with E-state index in [1.165, 1.54) is 11.1 Å². The van der Waals surface area contributed by atoms with Crippen molar-refractivity contribution in [1.29, 1.82) is 0 Å². The Balaban J connectivity index is 1.35. The standard InChI is InChI=1S/C35H38N6O2/c1-5-29-21-41(22-32-34(43-29)9-7-15-37-32)20-27-17-26(11-10-23(27)2)31(18-28(42)16-25-8-6-14-36-19-25)30-12-13-33-35(24(30)3)38-39-40(33)4/h6-15,17,19,29,31H,5,16,18,20-22H2,1-4H3/t29-,31+/m1/s1. The summed E-state index contributed by atoms with van der Waals surface area (Å²) in [6, 6.07) is 18.7. The molecule has 4 heterocycles. The number of aromatic nitrogens is 5. The molecule has 220 valence electrons. The van der Waals surface area contributed by atoms with Crippen molar-refractivity contribution < 1.29 is 9.53 Å². The van der Waals surface area contributed by atoms with E-state index in [1.807, 2.05) is 37.5 Å². The summed E-state index contributed by atoms with van der Waals surface area (Å²) in [6.07, 6.45) is 7.11. The van der Waals surface area contributed by atoms with E-state index >= 15 is 0 Å². The van der Waals surface area contributed by atoms with Crippen LogP contribution >= 0.6 is 0 Å². The highest BCUT2D eigenvalue weighted by Crippen LogP contribution is 2.35. The number of benzene rings is 2. The lowest BCUT2D eigenvalue weighted by molar-refractivity contribution is -0.118. The van der Waals surface area contributed by atoms with Crippen molar-refractivity contribution in [3.63, 3.8) is 0 Å². The number of fused-ring (bicyclic) bond motifs is 2. The first-order valence-electron chi connectivity index (χ1n) is 15.0. The zero-order valence-corrected chi connectivity index (χ0v) is 25.3. The van der Waals surface area contributed by atoms with E-state index in [2.05, 4.69) is 76.3 Å². The molecule has 8 heteroatoms. The van der Waals surface area contributed by atoms with E-state index in [0.717, 1.165) is 70.8 Å². The van der Waals surface area contributed by atoms with Gasteiger partial charge in [0.15, 0.2) is 0 Å². The summed E-state index contributed by atoms with van der Waals surface area (Å²) >= 11 is 0. The molecular weight excluding hydrogens is 536 g/mol. The molecule has 0 saturated heterocycles. The zero-order chi connectivity index (χ0) is 29.9. The summed E-state index contributed by atoms with van der Waals surface area (Å²) in [7, 11) is 1.90. The number of ketones is 1. The smallest absolute Gasteiger partial charge is 0.142 e. The first-order chi connectivity index (χ1) is 20.9. The third-order valence-corrected chi connectivity index (χ3v) is 8.61. The van der Waals surface area contributed by atoms with Crippen molar-refractivity contribution in [3.05, 3.63) is 112 Å². The van der Waals surface area contributed by atoms with Crippen molar-refractivity contribution in [3.8, 4) is 5.75 Å². The number of aryl methyl sites for hydroxylation is 3. The average molecular weight is 575 g/mol. The number of rotatable bonds is 9. The largest absolute Gasteiger partial charge is 0.487 e. The lowest BCUT2D eigenvalue weighted by Gasteiger charge is -2.25. The fourth-order valence-corrected chi connectivity index (χ4v) is 6.15. The third-order valence-electron chi connectivity index (χ3n) is 8.61. The highest BCUT2D eigenvalue weighted by atomic mass is 16.5. The summed E-state index contributed by atoms with van der Waals surface area (Å²) in [5, 5.41) is 8.69. The molecule has 8 nitrogen and oxygen atoms in total. The van der Waals surface area contributed by atoms with E-state index in [-0.39, 0.29) is 17.8 Å². The topological polar surface area (TPSA) is 86.0 Å². The Morgan fingerprint density at radius 3 is 2.77 bits per heavy atom. The Kier molecular flexibility index (Phi) is 8.29. The molecular formula is C35H38N6O2. The van der Waals surface area contributed by atoms with Crippen LogP contribution in [0.25, 0.3) is 11.0 Å². The highest BCUT2D eigenvalue weighted by Gasteiger charge is 2.26. The number of carbonyl (C=O) groups is 1. The molecule has 0 amide bonds. The minimum Gasteiger partial charge on any atom is -0.487 e. The highest BCUT2D eigenvalue weighted by molar-refractivity contribution is 5.84. The van der Waals surface area contributed by atoms with Gasteiger partial charge < -0.3 is 4.74 Å². The van der Waals surface area contributed by atoms with Crippen LogP contribution in [-0.2, 0) is 31.4 Å². The maximum absolute atomic E-state index is 13.6. The first kappa shape index (κ1) is 28.7. The molecule has 0 radical (unpaired) electrons. The Morgan fingerprint density at radius 1 is 1.09 bits per heavy atom. The second-order valence-corrected chi connectivity index (χ2v) is 11.6. The number of hydrogen-bond donors (Lipinski definition) is 0. The van der Waals surface area contributed by atoms with Crippen LogP contribution in [0.3, 0.4) is 0 Å². The molecule has 0 bridgehead atoms. The quantitative estimate of drug-likeness (QED) is 0.217. The van der Waals surface area contributed by atoms with Gasteiger partial charge in [-0.05, 0) is 77.9 Å². The summed E-state index contributed by atoms with van der Waals surface area (Å²) in [5.74, 6) is 0.939. The molecule has 0 aliphatic carbocycles. The normalized spacial score (nSPS) is 16.0. The fourth-order valence-electron chi connectivity index (χ4n) is 6.15. The van der Waals surface area contributed by atoms with Gasteiger partial charge in [-0.3, -0.25) is 19.7 Å². The molecule has 0 spiro atoms. The Bertz CT molecular complexity index is 1750. The van der Waals surface area contributed by atoms with Crippen molar-refractivity contribution >= 4 is 16.8 Å². The van der Waals surface area contributed by atoms with Crippen molar-refractivity contribution in [2.75, 3.05) is 6.54 Å². The van der Waals surface area contributed by atoms with Crippen LogP contribution in [0.4, 0.5) is 0 Å². The van der Waals surface area contributed by atoms with Gasteiger partial charge in [0.2, 0.25) is 0 Å². The molecule has 3 aromatic heterocycles. The number of nitrogens with zero attached hydrogens (tertiary/aromatic N) is 6. The molecule has 0 fully saturated rings. The van der Waals surface area contributed by atoms with Crippen molar-refractivity contribution in [2.45, 2.75) is 65.1 Å². The first-order valence-corrected chi connectivity index (χ1v) is 15.0. The fraction of sp³-hybridized carbons (Fsp3) is 0.343. The molecule has 5 aromatic rings. The second-order valence-electron chi connectivity index (χ2n) is 11.6. The maximum atomic E-state index is 13.6. The van der Waals surface area contributed by atoms with Gasteiger partial charge >= 0.3 is 0 Å². The maximum Gasteiger partial charge on any atom is 0.142 e. The molecule has 2 atom stereocenters. The molecule has 2 aromatic carbocycles. The molecule has 1 aliphatic heterocycles.